The molecule has 5 rings (SSSR count). The van der Waals surface area contributed by atoms with E-state index in [-0.39, 0.29) is 30.3 Å². The third kappa shape index (κ3) is 1.91. The molecule has 0 bridgehead atoms. The lowest BCUT2D eigenvalue weighted by molar-refractivity contribution is -0.146. The van der Waals surface area contributed by atoms with E-state index < -0.39 is 17.4 Å². The molecule has 1 N–H and O–H groups in total. The highest BCUT2D eigenvalue weighted by molar-refractivity contribution is 6.15. The Morgan fingerprint density at radius 2 is 2.07 bits per heavy atom. The van der Waals surface area contributed by atoms with E-state index in [4.69, 9.17) is 4.74 Å². The van der Waals surface area contributed by atoms with Gasteiger partial charge < -0.3 is 10.1 Å². The van der Waals surface area contributed by atoms with Crippen molar-refractivity contribution in [3.05, 3.63) is 29.3 Å². The molecule has 0 unspecified atom stereocenters. The molecule has 27 heavy (non-hydrogen) atoms. The summed E-state index contributed by atoms with van der Waals surface area (Å²) in [4.78, 5) is 43.4. The van der Waals surface area contributed by atoms with Crippen LogP contribution >= 0.6 is 0 Å². The van der Waals surface area contributed by atoms with Crippen molar-refractivity contribution in [3.63, 3.8) is 0 Å². The largest absolute Gasteiger partial charge is 0.383 e. The summed E-state index contributed by atoms with van der Waals surface area (Å²) >= 11 is 0. The van der Waals surface area contributed by atoms with Gasteiger partial charge in [0.15, 0.2) is 0 Å². The van der Waals surface area contributed by atoms with Gasteiger partial charge in [0.25, 0.3) is 0 Å². The molecule has 4 aliphatic heterocycles. The summed E-state index contributed by atoms with van der Waals surface area (Å²) < 4.78 is 5.08. The molecule has 1 aromatic rings. The second-order valence-corrected chi connectivity index (χ2v) is 8.00. The maximum absolute atomic E-state index is 13.4. The van der Waals surface area contributed by atoms with Crippen LogP contribution in [0.2, 0.25) is 0 Å². The number of hydrogen-bond acceptors (Lipinski definition) is 5. The van der Waals surface area contributed by atoms with Gasteiger partial charge in [-0.2, -0.15) is 0 Å². The molecule has 7 nitrogen and oxygen atoms in total. The van der Waals surface area contributed by atoms with Crippen molar-refractivity contribution >= 4 is 23.4 Å². The van der Waals surface area contributed by atoms with Crippen molar-refractivity contribution in [1.82, 2.24) is 9.80 Å². The number of hydrogen-bond donors (Lipinski definition) is 1. The van der Waals surface area contributed by atoms with Crippen LogP contribution in [0, 0.1) is 18.8 Å². The summed E-state index contributed by atoms with van der Waals surface area (Å²) in [6.07, 6.45) is 1.78. The quantitative estimate of drug-likeness (QED) is 0.800. The van der Waals surface area contributed by atoms with Crippen LogP contribution in [0.15, 0.2) is 18.2 Å². The fraction of sp³-hybridized carbons (Fsp3) is 0.550. The van der Waals surface area contributed by atoms with Crippen LogP contribution in [0.25, 0.3) is 0 Å². The fourth-order valence-electron chi connectivity index (χ4n) is 5.78. The van der Waals surface area contributed by atoms with Crippen LogP contribution in [-0.4, -0.2) is 60.4 Å². The normalized spacial score (nSPS) is 34.4. The van der Waals surface area contributed by atoms with Gasteiger partial charge in [-0.25, -0.2) is 0 Å². The maximum Gasteiger partial charge on any atom is 0.250 e. The average molecular weight is 369 g/mol. The van der Waals surface area contributed by atoms with Crippen molar-refractivity contribution < 1.29 is 19.1 Å². The van der Waals surface area contributed by atoms with Gasteiger partial charge in [-0.05, 0) is 32.4 Å². The zero-order chi connectivity index (χ0) is 18.9. The first-order valence-electron chi connectivity index (χ1n) is 9.55. The summed E-state index contributed by atoms with van der Waals surface area (Å²) in [6, 6.07) is 5.80. The van der Waals surface area contributed by atoms with Gasteiger partial charge in [-0.1, -0.05) is 17.7 Å². The fourth-order valence-corrected chi connectivity index (χ4v) is 5.78. The van der Waals surface area contributed by atoms with E-state index >= 15 is 0 Å². The lowest BCUT2D eigenvalue weighted by Gasteiger charge is -2.36. The predicted octanol–water partition coefficient (Wildman–Crippen LogP) is 0.868. The number of fused-ring (bicyclic) bond motifs is 7. The van der Waals surface area contributed by atoms with Crippen LogP contribution < -0.4 is 5.32 Å². The summed E-state index contributed by atoms with van der Waals surface area (Å²) in [5, 5.41) is 2.99. The van der Waals surface area contributed by atoms with Gasteiger partial charge >= 0.3 is 0 Å². The van der Waals surface area contributed by atoms with Crippen LogP contribution in [-0.2, 0) is 24.7 Å². The highest BCUT2D eigenvalue weighted by Gasteiger charge is 2.74. The molecule has 3 fully saturated rings. The monoisotopic (exact) mass is 369 g/mol. The molecule has 1 spiro atoms. The van der Waals surface area contributed by atoms with E-state index in [0.29, 0.717) is 6.61 Å². The van der Waals surface area contributed by atoms with Gasteiger partial charge in [0, 0.05) is 24.4 Å². The van der Waals surface area contributed by atoms with Gasteiger partial charge in [0.2, 0.25) is 17.7 Å². The molecule has 0 aliphatic carbocycles. The second-order valence-electron chi connectivity index (χ2n) is 8.00. The first-order valence-corrected chi connectivity index (χ1v) is 9.55. The van der Waals surface area contributed by atoms with Crippen molar-refractivity contribution in [2.45, 2.75) is 31.3 Å². The molecule has 1 aromatic carbocycles. The summed E-state index contributed by atoms with van der Waals surface area (Å²) in [7, 11) is 1.55. The molecule has 3 amide bonds. The number of amides is 3. The van der Waals surface area contributed by atoms with Crippen molar-refractivity contribution in [2.24, 2.45) is 11.8 Å². The Bertz CT molecular complexity index is 869. The number of anilines is 1. The van der Waals surface area contributed by atoms with Gasteiger partial charge in [0.05, 0.1) is 25.0 Å². The molecule has 4 atom stereocenters. The minimum Gasteiger partial charge on any atom is -0.383 e. The molecule has 0 aromatic heterocycles. The summed E-state index contributed by atoms with van der Waals surface area (Å²) in [6.45, 7) is 3.26. The molecular weight excluding hydrogens is 346 g/mol. The highest BCUT2D eigenvalue weighted by atomic mass is 16.5. The van der Waals surface area contributed by atoms with E-state index in [9.17, 15) is 14.4 Å². The van der Waals surface area contributed by atoms with E-state index in [1.165, 1.54) is 4.90 Å². The Kier molecular flexibility index (Phi) is 3.52. The molecule has 4 aliphatic rings. The number of aryl methyl sites for hydroxylation is 1. The second kappa shape index (κ2) is 5.62. The van der Waals surface area contributed by atoms with E-state index in [1.54, 1.807) is 7.11 Å². The third-order valence-electron chi connectivity index (χ3n) is 6.76. The first kappa shape index (κ1) is 16.9. The lowest BCUT2D eigenvalue weighted by atomic mass is 9.75. The number of ether oxygens (including phenoxy) is 1. The van der Waals surface area contributed by atoms with Crippen molar-refractivity contribution in [2.75, 3.05) is 32.1 Å². The Hall–Kier alpha value is -2.25. The van der Waals surface area contributed by atoms with E-state index in [2.05, 4.69) is 10.2 Å². The number of nitrogens with zero attached hydrogens (tertiary/aromatic N) is 2. The van der Waals surface area contributed by atoms with Crippen molar-refractivity contribution in [1.29, 1.82) is 0 Å². The average Bonchev–Trinajstić information content (AvgIpc) is 3.33. The van der Waals surface area contributed by atoms with Crippen LogP contribution in [0.4, 0.5) is 5.69 Å². The third-order valence-corrected chi connectivity index (χ3v) is 6.76. The number of nitrogens with one attached hydrogen (secondary N) is 1. The van der Waals surface area contributed by atoms with Crippen LogP contribution in [0.1, 0.15) is 24.0 Å². The van der Waals surface area contributed by atoms with E-state index in [1.807, 2.05) is 25.1 Å². The summed E-state index contributed by atoms with van der Waals surface area (Å²) in [5.41, 5.74) is 1.58. The molecular formula is C20H23N3O4. The first-order chi connectivity index (χ1) is 13.0. The molecule has 0 radical (unpaired) electrons. The Morgan fingerprint density at radius 1 is 1.26 bits per heavy atom. The van der Waals surface area contributed by atoms with Crippen LogP contribution in [0.5, 0.6) is 0 Å². The highest BCUT2D eigenvalue weighted by Crippen LogP contribution is 2.60. The maximum atomic E-state index is 13.4. The lowest BCUT2D eigenvalue weighted by Crippen LogP contribution is -2.54. The number of carbonyl (C=O) groups is 3. The smallest absolute Gasteiger partial charge is 0.250 e. The number of benzene rings is 1. The topological polar surface area (TPSA) is 79.0 Å². The minimum absolute atomic E-state index is 0.0591. The zero-order valence-electron chi connectivity index (χ0n) is 15.5. The number of carbonyl (C=O) groups excluding carboxylic acids is 3. The molecule has 3 saturated heterocycles. The summed E-state index contributed by atoms with van der Waals surface area (Å²) in [5.74, 6) is -1.66. The number of likely N-dealkylation sites (tertiary alicyclic amines) is 1. The van der Waals surface area contributed by atoms with Gasteiger partial charge in [0.1, 0.15) is 5.54 Å². The van der Waals surface area contributed by atoms with Gasteiger partial charge in [-0.15, -0.1) is 0 Å². The van der Waals surface area contributed by atoms with Crippen LogP contribution in [0.3, 0.4) is 0 Å². The number of methoxy groups -OCH3 is 1. The standard InChI is InChI=1S/C20H23N3O4/c1-11-5-6-13-12(10-11)20(19(26)21-13)16-15(14-4-3-7-23(14)20)17(24)22(18(16)25)8-9-27-2/h5-6,10,14-16H,3-4,7-9H2,1-2H3,(H,21,26)/t14-,15+,16+,20+/m0/s1. The SMILES string of the molecule is COCCN1C(=O)[C@@H]2[C@@H]3CCCN3[C@@]3(C(=O)Nc4ccc(C)cc43)[C@H]2C1=O. The Morgan fingerprint density at radius 3 is 2.85 bits per heavy atom. The number of imide groups is 1. The van der Waals surface area contributed by atoms with Crippen molar-refractivity contribution in [3.8, 4) is 0 Å². The number of rotatable bonds is 3. The van der Waals surface area contributed by atoms with E-state index in [0.717, 1.165) is 36.2 Å². The molecule has 4 heterocycles. The zero-order valence-corrected chi connectivity index (χ0v) is 15.5. The Balaban J connectivity index is 1.69. The molecule has 7 heteroatoms. The molecule has 142 valence electrons. The molecule has 0 saturated carbocycles. The minimum atomic E-state index is -1.07. The predicted molar refractivity (Wildman–Crippen MR) is 96.8 cm³/mol. The van der Waals surface area contributed by atoms with Gasteiger partial charge in [-0.3, -0.25) is 24.2 Å². The Labute approximate surface area is 157 Å².